The van der Waals surface area contributed by atoms with Crippen LogP contribution >= 0.6 is 0 Å². The van der Waals surface area contributed by atoms with E-state index in [0.717, 1.165) is 29.9 Å². The van der Waals surface area contributed by atoms with Crippen LogP contribution in [0.25, 0.3) is 0 Å². The monoisotopic (exact) mass is 335 g/mol. The Morgan fingerprint density at radius 3 is 2.25 bits per heavy atom. The third kappa shape index (κ3) is 3.53. The number of benzene rings is 2. The molecule has 2 aromatic carbocycles. The molecule has 126 valence electrons. The molecule has 0 bridgehead atoms. The molecule has 0 aromatic heterocycles. The standard InChI is InChI=1S/C18H16F3NO2/c1-24-14-8-2-11(3-9-14)15-10-16(15)17(23)22-13-6-4-12(5-7-13)18(19,20)21/h2-9,15-16H,10H2,1H3,(H,22,23). The average molecular weight is 335 g/mol. The van der Waals surface area contributed by atoms with E-state index >= 15 is 0 Å². The molecule has 24 heavy (non-hydrogen) atoms. The Hall–Kier alpha value is -2.50. The van der Waals surface area contributed by atoms with Crippen molar-refractivity contribution in [2.45, 2.75) is 18.5 Å². The summed E-state index contributed by atoms with van der Waals surface area (Å²) >= 11 is 0. The number of carbonyl (C=O) groups excluding carboxylic acids is 1. The van der Waals surface area contributed by atoms with Gasteiger partial charge in [-0.2, -0.15) is 13.2 Å². The lowest BCUT2D eigenvalue weighted by Gasteiger charge is -2.09. The van der Waals surface area contributed by atoms with Crippen LogP contribution in [-0.4, -0.2) is 13.0 Å². The van der Waals surface area contributed by atoms with Gasteiger partial charge in [0.25, 0.3) is 0 Å². The maximum atomic E-state index is 12.5. The Morgan fingerprint density at radius 1 is 1.08 bits per heavy atom. The largest absolute Gasteiger partial charge is 0.497 e. The topological polar surface area (TPSA) is 38.3 Å². The van der Waals surface area contributed by atoms with Crippen molar-refractivity contribution >= 4 is 11.6 Å². The second-order valence-electron chi connectivity index (χ2n) is 5.79. The number of anilines is 1. The van der Waals surface area contributed by atoms with Crippen LogP contribution < -0.4 is 10.1 Å². The average Bonchev–Trinajstić information content (AvgIpc) is 3.35. The van der Waals surface area contributed by atoms with Crippen molar-refractivity contribution in [1.29, 1.82) is 0 Å². The zero-order chi connectivity index (χ0) is 17.3. The minimum absolute atomic E-state index is 0.144. The van der Waals surface area contributed by atoms with Gasteiger partial charge in [0.15, 0.2) is 0 Å². The van der Waals surface area contributed by atoms with Gasteiger partial charge in [0.2, 0.25) is 5.91 Å². The van der Waals surface area contributed by atoms with Crippen molar-refractivity contribution in [2.24, 2.45) is 5.92 Å². The summed E-state index contributed by atoms with van der Waals surface area (Å²) in [5.74, 6) is 0.576. The van der Waals surface area contributed by atoms with Crippen LogP contribution in [0.4, 0.5) is 18.9 Å². The molecule has 0 aliphatic heterocycles. The van der Waals surface area contributed by atoms with Crippen LogP contribution in [0.15, 0.2) is 48.5 Å². The van der Waals surface area contributed by atoms with Crippen molar-refractivity contribution < 1.29 is 22.7 Å². The fourth-order valence-corrected chi connectivity index (χ4v) is 2.68. The first kappa shape index (κ1) is 16.4. The highest BCUT2D eigenvalue weighted by molar-refractivity contribution is 5.95. The number of carbonyl (C=O) groups is 1. The smallest absolute Gasteiger partial charge is 0.416 e. The number of halogens is 3. The van der Waals surface area contributed by atoms with Crippen LogP contribution in [0.2, 0.25) is 0 Å². The number of nitrogens with one attached hydrogen (secondary N) is 1. The molecule has 1 fully saturated rings. The number of alkyl halides is 3. The molecular weight excluding hydrogens is 319 g/mol. The molecular formula is C18H16F3NO2. The molecule has 2 aromatic rings. The number of amides is 1. The van der Waals surface area contributed by atoms with Gasteiger partial charge < -0.3 is 10.1 Å². The molecule has 1 saturated carbocycles. The Morgan fingerprint density at radius 2 is 1.71 bits per heavy atom. The fourth-order valence-electron chi connectivity index (χ4n) is 2.68. The number of hydrogen-bond acceptors (Lipinski definition) is 2. The lowest BCUT2D eigenvalue weighted by Crippen LogP contribution is -2.15. The summed E-state index contributed by atoms with van der Waals surface area (Å²) in [4.78, 5) is 12.2. The van der Waals surface area contributed by atoms with Crippen LogP contribution in [0.3, 0.4) is 0 Å². The summed E-state index contributed by atoms with van der Waals surface area (Å²) in [7, 11) is 1.59. The first-order valence-electron chi connectivity index (χ1n) is 7.50. The molecule has 1 aliphatic rings. The second-order valence-corrected chi connectivity index (χ2v) is 5.79. The minimum atomic E-state index is -4.38. The Balaban J connectivity index is 1.60. The van der Waals surface area contributed by atoms with E-state index in [4.69, 9.17) is 4.74 Å². The maximum absolute atomic E-state index is 12.5. The molecule has 0 radical (unpaired) electrons. The molecule has 6 heteroatoms. The van der Waals surface area contributed by atoms with Gasteiger partial charge in [0.05, 0.1) is 12.7 Å². The summed E-state index contributed by atoms with van der Waals surface area (Å²) in [5, 5.41) is 2.67. The first-order chi connectivity index (χ1) is 11.4. The highest BCUT2D eigenvalue weighted by Gasteiger charge is 2.43. The first-order valence-corrected chi connectivity index (χ1v) is 7.50. The molecule has 0 heterocycles. The summed E-state index contributed by atoms with van der Waals surface area (Å²) in [6, 6.07) is 12.0. The van der Waals surface area contributed by atoms with Crippen LogP contribution in [0.1, 0.15) is 23.5 Å². The third-order valence-electron chi connectivity index (χ3n) is 4.15. The van der Waals surface area contributed by atoms with Crippen molar-refractivity contribution in [3.05, 3.63) is 59.7 Å². The minimum Gasteiger partial charge on any atom is -0.497 e. The lowest BCUT2D eigenvalue weighted by atomic mass is 10.1. The predicted molar refractivity (Wildman–Crippen MR) is 83.9 cm³/mol. The van der Waals surface area contributed by atoms with Gasteiger partial charge in [-0.05, 0) is 54.3 Å². The van der Waals surface area contributed by atoms with E-state index in [1.54, 1.807) is 7.11 Å². The molecule has 0 spiro atoms. The van der Waals surface area contributed by atoms with Crippen molar-refractivity contribution in [2.75, 3.05) is 12.4 Å². The van der Waals surface area contributed by atoms with Crippen LogP contribution in [-0.2, 0) is 11.0 Å². The Labute approximate surface area is 137 Å². The van der Waals surface area contributed by atoms with Gasteiger partial charge in [0.1, 0.15) is 5.75 Å². The van der Waals surface area contributed by atoms with Crippen molar-refractivity contribution in [3.63, 3.8) is 0 Å². The Bertz CT molecular complexity index is 723. The van der Waals surface area contributed by atoms with Crippen molar-refractivity contribution in [1.82, 2.24) is 0 Å². The fraction of sp³-hybridized carbons (Fsp3) is 0.278. The number of hydrogen-bond donors (Lipinski definition) is 1. The predicted octanol–water partition coefficient (Wildman–Crippen LogP) is 4.46. The van der Waals surface area contributed by atoms with Gasteiger partial charge >= 0.3 is 6.18 Å². The van der Waals surface area contributed by atoms with Gasteiger partial charge in [-0.25, -0.2) is 0 Å². The number of rotatable bonds is 4. The number of ether oxygens (including phenoxy) is 1. The summed E-state index contributed by atoms with van der Waals surface area (Å²) in [6.07, 6.45) is -3.64. The quantitative estimate of drug-likeness (QED) is 0.896. The second kappa shape index (κ2) is 6.19. The molecule has 0 saturated heterocycles. The number of methoxy groups -OCH3 is 1. The van der Waals surface area contributed by atoms with Crippen molar-refractivity contribution in [3.8, 4) is 5.75 Å². The van der Waals surface area contributed by atoms with E-state index in [1.165, 1.54) is 12.1 Å². The highest BCUT2D eigenvalue weighted by atomic mass is 19.4. The van der Waals surface area contributed by atoms with E-state index in [1.807, 2.05) is 24.3 Å². The normalized spacial score (nSPS) is 19.7. The molecule has 3 nitrogen and oxygen atoms in total. The molecule has 2 unspecified atom stereocenters. The van der Waals surface area contributed by atoms with E-state index in [9.17, 15) is 18.0 Å². The maximum Gasteiger partial charge on any atom is 0.416 e. The molecule has 2 atom stereocenters. The molecule has 3 rings (SSSR count). The van der Waals surface area contributed by atoms with Gasteiger partial charge in [-0.15, -0.1) is 0 Å². The molecule has 1 amide bonds. The summed E-state index contributed by atoms with van der Waals surface area (Å²) in [6.45, 7) is 0. The van der Waals surface area contributed by atoms with Gasteiger partial charge in [-0.3, -0.25) is 4.79 Å². The summed E-state index contributed by atoms with van der Waals surface area (Å²) < 4.78 is 42.6. The highest BCUT2D eigenvalue weighted by Crippen LogP contribution is 2.48. The van der Waals surface area contributed by atoms with E-state index < -0.39 is 11.7 Å². The van der Waals surface area contributed by atoms with E-state index in [2.05, 4.69) is 5.32 Å². The van der Waals surface area contributed by atoms with E-state index in [-0.39, 0.29) is 17.7 Å². The lowest BCUT2D eigenvalue weighted by molar-refractivity contribution is -0.137. The van der Waals surface area contributed by atoms with Gasteiger partial charge in [0, 0.05) is 11.6 Å². The van der Waals surface area contributed by atoms with E-state index in [0.29, 0.717) is 5.69 Å². The van der Waals surface area contributed by atoms with Crippen LogP contribution in [0, 0.1) is 5.92 Å². The van der Waals surface area contributed by atoms with Gasteiger partial charge in [-0.1, -0.05) is 12.1 Å². The zero-order valence-corrected chi connectivity index (χ0v) is 12.9. The SMILES string of the molecule is COc1ccc(C2CC2C(=O)Nc2ccc(C(F)(F)F)cc2)cc1. The third-order valence-corrected chi connectivity index (χ3v) is 4.15. The Kier molecular flexibility index (Phi) is 4.22. The van der Waals surface area contributed by atoms with Crippen LogP contribution in [0.5, 0.6) is 5.75 Å². The zero-order valence-electron chi connectivity index (χ0n) is 12.9. The summed E-state index contributed by atoms with van der Waals surface area (Å²) in [5.41, 5.74) is 0.694. The molecule has 1 aliphatic carbocycles. The molecule has 1 N–H and O–H groups in total.